The van der Waals surface area contributed by atoms with Gasteiger partial charge < -0.3 is 14.6 Å². The van der Waals surface area contributed by atoms with E-state index >= 15 is 0 Å². The second-order valence-electron chi connectivity index (χ2n) is 8.42. The lowest BCUT2D eigenvalue weighted by molar-refractivity contribution is -0.154. The molecule has 0 bridgehead atoms. The summed E-state index contributed by atoms with van der Waals surface area (Å²) in [7, 11) is 0. The van der Waals surface area contributed by atoms with Gasteiger partial charge in [-0.2, -0.15) is 13.2 Å². The number of aliphatic hydroxyl groups excluding tert-OH is 1. The van der Waals surface area contributed by atoms with Crippen LogP contribution in [0.2, 0.25) is 0 Å². The predicted molar refractivity (Wildman–Crippen MR) is 134 cm³/mol. The predicted octanol–water partition coefficient (Wildman–Crippen LogP) is 4.15. The summed E-state index contributed by atoms with van der Waals surface area (Å²) in [6, 6.07) is 13.2. The second-order valence-corrected chi connectivity index (χ2v) is 9.66. The first kappa shape index (κ1) is 25.5. The van der Waals surface area contributed by atoms with Gasteiger partial charge in [-0.25, -0.2) is 14.6 Å². The molecular formula is C25H20F3N5O4S. The van der Waals surface area contributed by atoms with Crippen LogP contribution in [-0.2, 0) is 6.54 Å². The summed E-state index contributed by atoms with van der Waals surface area (Å²) in [5.74, 6) is 0.406. The zero-order valence-corrected chi connectivity index (χ0v) is 20.7. The highest BCUT2D eigenvalue weighted by Gasteiger charge is 2.28. The molecule has 3 heterocycles. The highest BCUT2D eigenvalue weighted by Crippen LogP contribution is 2.26. The molecule has 0 radical (unpaired) electrons. The van der Waals surface area contributed by atoms with E-state index in [2.05, 4.69) is 25.0 Å². The average molecular weight is 544 g/mol. The van der Waals surface area contributed by atoms with Crippen molar-refractivity contribution in [2.75, 3.05) is 13.2 Å². The van der Waals surface area contributed by atoms with E-state index in [0.717, 1.165) is 19.9 Å². The second kappa shape index (κ2) is 10.3. The van der Waals surface area contributed by atoms with E-state index in [1.54, 1.807) is 41.7 Å². The Balaban J connectivity index is 1.28. The number of pyridine rings is 1. The first-order valence-electron chi connectivity index (χ1n) is 11.4. The van der Waals surface area contributed by atoms with Crippen molar-refractivity contribution in [1.82, 2.24) is 25.0 Å². The highest BCUT2D eigenvalue weighted by molar-refractivity contribution is 7.18. The smallest absolute Gasteiger partial charge is 0.422 e. The van der Waals surface area contributed by atoms with Crippen LogP contribution in [0.3, 0.4) is 0 Å². The number of nitrogens with zero attached hydrogens (tertiary/aromatic N) is 5. The molecule has 3 aromatic heterocycles. The van der Waals surface area contributed by atoms with Crippen LogP contribution < -0.4 is 15.0 Å². The molecule has 0 aliphatic heterocycles. The molecule has 196 valence electrons. The standard InChI is InChI=1S/C25H20F3N5O4S/c1-14-30-21-6-4-18(9-22(21)38-14)36-12-17(34)11-33-24(35)19-8-15(2-5-20(19)31-32-33)16-3-7-23(29-10-16)37-13-25(26,27)28/h2-10,17,34H,11-13H2,1H3. The molecule has 2 aromatic carbocycles. The fraction of sp³-hybridized carbons (Fsp3) is 0.240. The van der Waals surface area contributed by atoms with Crippen molar-refractivity contribution in [3.63, 3.8) is 0 Å². The number of thiazole rings is 1. The Morgan fingerprint density at radius 1 is 1.05 bits per heavy atom. The van der Waals surface area contributed by atoms with E-state index < -0.39 is 24.4 Å². The number of fused-ring (bicyclic) bond motifs is 2. The van der Waals surface area contributed by atoms with Crippen LogP contribution in [0.1, 0.15) is 5.01 Å². The summed E-state index contributed by atoms with van der Waals surface area (Å²) in [4.78, 5) is 21.4. The minimum absolute atomic E-state index is 0.0656. The molecular weight excluding hydrogens is 523 g/mol. The normalized spacial score (nSPS) is 12.7. The van der Waals surface area contributed by atoms with E-state index in [4.69, 9.17) is 4.74 Å². The monoisotopic (exact) mass is 543 g/mol. The summed E-state index contributed by atoms with van der Waals surface area (Å²) >= 11 is 1.54. The van der Waals surface area contributed by atoms with Crippen LogP contribution in [0, 0.1) is 6.92 Å². The Labute approximate surface area is 217 Å². The molecule has 0 saturated carbocycles. The maximum absolute atomic E-state index is 13.1. The van der Waals surface area contributed by atoms with Gasteiger partial charge in [0.25, 0.3) is 5.56 Å². The zero-order chi connectivity index (χ0) is 26.9. The number of benzene rings is 2. The summed E-state index contributed by atoms with van der Waals surface area (Å²) in [5, 5.41) is 19.6. The van der Waals surface area contributed by atoms with Crippen molar-refractivity contribution in [3.05, 3.63) is 70.1 Å². The van der Waals surface area contributed by atoms with Gasteiger partial charge in [0.05, 0.1) is 27.2 Å². The lowest BCUT2D eigenvalue weighted by Crippen LogP contribution is -2.32. The number of aryl methyl sites for hydroxylation is 1. The number of halogens is 3. The minimum Gasteiger partial charge on any atom is -0.491 e. The van der Waals surface area contributed by atoms with E-state index in [1.807, 2.05) is 19.1 Å². The maximum Gasteiger partial charge on any atom is 0.422 e. The van der Waals surface area contributed by atoms with Gasteiger partial charge in [-0.1, -0.05) is 11.3 Å². The molecule has 38 heavy (non-hydrogen) atoms. The van der Waals surface area contributed by atoms with Crippen LogP contribution in [-0.4, -0.2) is 55.6 Å². The summed E-state index contributed by atoms with van der Waals surface area (Å²) in [6.07, 6.45) is -4.14. The Morgan fingerprint density at radius 3 is 2.61 bits per heavy atom. The number of hydrogen-bond acceptors (Lipinski definition) is 9. The third-order valence-electron chi connectivity index (χ3n) is 5.47. The van der Waals surface area contributed by atoms with Gasteiger partial charge >= 0.3 is 6.18 Å². The van der Waals surface area contributed by atoms with Crippen LogP contribution >= 0.6 is 11.3 Å². The fourth-order valence-corrected chi connectivity index (χ4v) is 4.58. The molecule has 0 fully saturated rings. The molecule has 0 aliphatic rings. The van der Waals surface area contributed by atoms with Gasteiger partial charge in [-0.15, -0.1) is 16.4 Å². The number of alkyl halides is 3. The number of aromatic nitrogens is 5. The Kier molecular flexibility index (Phi) is 6.95. The van der Waals surface area contributed by atoms with Crippen molar-refractivity contribution in [3.8, 4) is 22.8 Å². The topological polar surface area (TPSA) is 112 Å². The SMILES string of the molecule is Cc1nc2ccc(OCC(O)Cn3nnc4ccc(-c5ccc(OCC(F)(F)F)nc5)cc4c3=O)cc2s1. The van der Waals surface area contributed by atoms with Crippen molar-refractivity contribution < 1.29 is 27.8 Å². The van der Waals surface area contributed by atoms with E-state index in [9.17, 15) is 23.1 Å². The molecule has 0 saturated heterocycles. The maximum atomic E-state index is 13.1. The quantitative estimate of drug-likeness (QED) is 0.311. The van der Waals surface area contributed by atoms with E-state index in [-0.39, 0.29) is 24.4 Å². The molecule has 9 nitrogen and oxygen atoms in total. The third-order valence-corrected chi connectivity index (χ3v) is 6.40. The van der Waals surface area contributed by atoms with E-state index in [1.165, 1.54) is 12.3 Å². The molecule has 1 N–H and O–H groups in total. The Morgan fingerprint density at radius 2 is 1.84 bits per heavy atom. The lowest BCUT2D eigenvalue weighted by atomic mass is 10.1. The minimum atomic E-state index is -4.46. The van der Waals surface area contributed by atoms with E-state index in [0.29, 0.717) is 22.4 Å². The molecule has 5 rings (SSSR count). The number of hydrogen-bond donors (Lipinski definition) is 1. The summed E-state index contributed by atoms with van der Waals surface area (Å²) in [5.41, 5.74) is 1.93. The molecule has 5 aromatic rings. The Hall–Kier alpha value is -4.10. The van der Waals surface area contributed by atoms with Gasteiger partial charge in [0.1, 0.15) is 24.0 Å². The molecule has 13 heteroatoms. The van der Waals surface area contributed by atoms with Crippen LogP contribution in [0.15, 0.2) is 59.5 Å². The molecule has 0 amide bonds. The fourth-order valence-electron chi connectivity index (χ4n) is 3.72. The molecule has 0 aliphatic carbocycles. The van der Waals surface area contributed by atoms with Gasteiger partial charge in [-0.3, -0.25) is 4.79 Å². The van der Waals surface area contributed by atoms with Crippen LogP contribution in [0.4, 0.5) is 13.2 Å². The van der Waals surface area contributed by atoms with Crippen LogP contribution in [0.25, 0.3) is 32.2 Å². The first-order valence-corrected chi connectivity index (χ1v) is 12.2. The van der Waals surface area contributed by atoms with Crippen molar-refractivity contribution in [2.45, 2.75) is 25.7 Å². The highest BCUT2D eigenvalue weighted by atomic mass is 32.1. The van der Waals surface area contributed by atoms with Gasteiger partial charge in [0, 0.05) is 17.8 Å². The molecule has 1 unspecified atom stereocenters. The summed E-state index contributed by atoms with van der Waals surface area (Å²) in [6.45, 7) is 0.278. The van der Waals surface area contributed by atoms with Crippen molar-refractivity contribution in [1.29, 1.82) is 0 Å². The molecule has 0 spiro atoms. The first-order chi connectivity index (χ1) is 18.1. The summed E-state index contributed by atoms with van der Waals surface area (Å²) < 4.78 is 49.4. The Bertz CT molecular complexity index is 1650. The van der Waals surface area contributed by atoms with Crippen LogP contribution in [0.5, 0.6) is 11.6 Å². The van der Waals surface area contributed by atoms with Gasteiger partial charge in [-0.05, 0) is 48.9 Å². The molecule has 1 atom stereocenters. The zero-order valence-electron chi connectivity index (χ0n) is 19.8. The van der Waals surface area contributed by atoms with Gasteiger partial charge in [0.15, 0.2) is 6.61 Å². The largest absolute Gasteiger partial charge is 0.491 e. The number of ether oxygens (including phenoxy) is 2. The number of rotatable bonds is 8. The number of aliphatic hydroxyl groups is 1. The average Bonchev–Trinajstić information content (AvgIpc) is 3.27. The third kappa shape index (κ3) is 5.89. The van der Waals surface area contributed by atoms with Crippen molar-refractivity contribution in [2.24, 2.45) is 0 Å². The van der Waals surface area contributed by atoms with Gasteiger partial charge in [0.2, 0.25) is 5.88 Å². The van der Waals surface area contributed by atoms with Crippen molar-refractivity contribution >= 4 is 32.5 Å². The lowest BCUT2D eigenvalue weighted by Gasteiger charge is -2.13.